The molecule has 0 saturated heterocycles. The number of furan rings is 1. The highest BCUT2D eigenvalue weighted by molar-refractivity contribution is 9.10. The molecule has 31 heavy (non-hydrogen) atoms. The molecule has 3 aromatic rings. The quantitative estimate of drug-likeness (QED) is 0.422. The first-order chi connectivity index (χ1) is 15.0. The predicted octanol–water partition coefficient (Wildman–Crippen LogP) is 5.29. The van der Waals surface area contributed by atoms with Gasteiger partial charge in [0.25, 0.3) is 0 Å². The zero-order chi connectivity index (χ0) is 22.1. The van der Waals surface area contributed by atoms with Crippen molar-refractivity contribution in [2.75, 3.05) is 18.4 Å². The Hall–Kier alpha value is -3.32. The van der Waals surface area contributed by atoms with Crippen molar-refractivity contribution in [2.45, 2.75) is 13.1 Å². The first kappa shape index (κ1) is 22.4. The fourth-order valence-corrected chi connectivity index (χ4v) is 3.27. The smallest absolute Gasteiger partial charge is 0.322 e. The number of carbonyl (C=O) groups excluding carboxylic acids is 2. The van der Waals surface area contributed by atoms with Crippen molar-refractivity contribution >= 4 is 33.6 Å². The summed E-state index contributed by atoms with van der Waals surface area (Å²) in [5, 5.41) is 2.82. The summed E-state index contributed by atoms with van der Waals surface area (Å²) in [5.41, 5.74) is 1.64. The predicted molar refractivity (Wildman–Crippen MR) is 124 cm³/mol. The SMILES string of the molecule is C=CCN(CC(=O)N(Cc1ccccc1)Cc1ccco1)C(=O)Nc1ccc(Br)cc1. The topological polar surface area (TPSA) is 65.8 Å². The first-order valence-corrected chi connectivity index (χ1v) is 10.6. The van der Waals surface area contributed by atoms with E-state index in [0.29, 0.717) is 24.5 Å². The summed E-state index contributed by atoms with van der Waals surface area (Å²) in [4.78, 5) is 29.1. The summed E-state index contributed by atoms with van der Waals surface area (Å²) in [5.74, 6) is 0.493. The maximum Gasteiger partial charge on any atom is 0.322 e. The molecule has 160 valence electrons. The van der Waals surface area contributed by atoms with Gasteiger partial charge in [0.05, 0.1) is 12.8 Å². The first-order valence-electron chi connectivity index (χ1n) is 9.81. The number of amides is 3. The van der Waals surface area contributed by atoms with Crippen LogP contribution in [0.15, 0.2) is 94.5 Å². The van der Waals surface area contributed by atoms with Crippen LogP contribution >= 0.6 is 15.9 Å². The van der Waals surface area contributed by atoms with Gasteiger partial charge in [-0.05, 0) is 42.0 Å². The number of nitrogens with one attached hydrogen (secondary N) is 1. The molecule has 0 spiro atoms. The maximum atomic E-state index is 13.2. The summed E-state index contributed by atoms with van der Waals surface area (Å²) >= 11 is 3.37. The number of hydrogen-bond acceptors (Lipinski definition) is 3. The molecule has 0 radical (unpaired) electrons. The van der Waals surface area contributed by atoms with Crippen LogP contribution in [-0.4, -0.2) is 34.8 Å². The Kier molecular flexibility index (Phi) is 8.06. The molecule has 3 amide bonds. The molecule has 7 heteroatoms. The molecular formula is C24H24BrN3O3. The van der Waals surface area contributed by atoms with Gasteiger partial charge in [0.1, 0.15) is 12.3 Å². The lowest BCUT2D eigenvalue weighted by Crippen LogP contribution is -2.44. The van der Waals surface area contributed by atoms with Crippen LogP contribution in [0.3, 0.4) is 0 Å². The summed E-state index contributed by atoms with van der Waals surface area (Å²) in [6.45, 7) is 4.61. The second-order valence-electron chi connectivity index (χ2n) is 6.92. The van der Waals surface area contributed by atoms with Crippen LogP contribution in [0.1, 0.15) is 11.3 Å². The minimum Gasteiger partial charge on any atom is -0.467 e. The number of carbonyl (C=O) groups is 2. The van der Waals surface area contributed by atoms with E-state index in [4.69, 9.17) is 4.42 Å². The molecule has 3 rings (SSSR count). The van der Waals surface area contributed by atoms with Crippen molar-refractivity contribution in [2.24, 2.45) is 0 Å². The molecule has 0 saturated carbocycles. The van der Waals surface area contributed by atoms with Crippen molar-refractivity contribution in [1.29, 1.82) is 0 Å². The second-order valence-corrected chi connectivity index (χ2v) is 7.84. The third-order valence-corrected chi connectivity index (χ3v) is 5.08. The maximum absolute atomic E-state index is 13.2. The van der Waals surface area contributed by atoms with Crippen LogP contribution in [0, 0.1) is 0 Å². The van der Waals surface area contributed by atoms with Gasteiger partial charge < -0.3 is 19.5 Å². The zero-order valence-electron chi connectivity index (χ0n) is 17.0. The lowest BCUT2D eigenvalue weighted by molar-refractivity contribution is -0.133. The van der Waals surface area contributed by atoms with E-state index in [9.17, 15) is 9.59 Å². The number of hydrogen-bond donors (Lipinski definition) is 1. The van der Waals surface area contributed by atoms with E-state index < -0.39 is 0 Å². The van der Waals surface area contributed by atoms with E-state index >= 15 is 0 Å². The van der Waals surface area contributed by atoms with Crippen LogP contribution in [0.25, 0.3) is 0 Å². The van der Waals surface area contributed by atoms with Gasteiger partial charge in [-0.15, -0.1) is 6.58 Å². The molecule has 0 aliphatic carbocycles. The van der Waals surface area contributed by atoms with E-state index in [1.165, 1.54) is 4.90 Å². The highest BCUT2D eigenvalue weighted by Gasteiger charge is 2.22. The van der Waals surface area contributed by atoms with E-state index in [1.807, 2.05) is 48.5 Å². The van der Waals surface area contributed by atoms with Crippen LogP contribution in [0.2, 0.25) is 0 Å². The van der Waals surface area contributed by atoms with Crippen LogP contribution < -0.4 is 5.32 Å². The highest BCUT2D eigenvalue weighted by atomic mass is 79.9. The molecule has 0 fully saturated rings. The van der Waals surface area contributed by atoms with Gasteiger partial charge in [0.2, 0.25) is 5.91 Å². The molecule has 0 bridgehead atoms. The van der Waals surface area contributed by atoms with E-state index in [-0.39, 0.29) is 25.0 Å². The Morgan fingerprint density at radius 1 is 0.968 bits per heavy atom. The number of anilines is 1. The fourth-order valence-electron chi connectivity index (χ4n) is 3.00. The molecule has 1 N–H and O–H groups in total. The lowest BCUT2D eigenvalue weighted by Gasteiger charge is -2.27. The molecule has 0 atom stereocenters. The number of benzene rings is 2. The monoisotopic (exact) mass is 481 g/mol. The minimum absolute atomic E-state index is 0.0814. The van der Waals surface area contributed by atoms with Gasteiger partial charge in [-0.2, -0.15) is 0 Å². The summed E-state index contributed by atoms with van der Waals surface area (Å²) < 4.78 is 6.35. The van der Waals surface area contributed by atoms with Gasteiger partial charge in [-0.1, -0.05) is 52.3 Å². The van der Waals surface area contributed by atoms with Crippen molar-refractivity contribution in [3.8, 4) is 0 Å². The van der Waals surface area contributed by atoms with Crippen molar-refractivity contribution < 1.29 is 14.0 Å². The third kappa shape index (κ3) is 6.86. The molecule has 0 aliphatic rings. The molecule has 6 nitrogen and oxygen atoms in total. The van der Waals surface area contributed by atoms with Crippen LogP contribution in [-0.2, 0) is 17.9 Å². The molecule has 1 heterocycles. The molecule has 1 aromatic heterocycles. The van der Waals surface area contributed by atoms with Gasteiger partial charge >= 0.3 is 6.03 Å². The number of rotatable bonds is 9. The van der Waals surface area contributed by atoms with Crippen molar-refractivity contribution in [1.82, 2.24) is 9.80 Å². The normalized spacial score (nSPS) is 10.4. The Bertz CT molecular complexity index is 989. The molecule has 0 aliphatic heterocycles. The van der Waals surface area contributed by atoms with Crippen LogP contribution in [0.4, 0.5) is 10.5 Å². The van der Waals surface area contributed by atoms with Gasteiger partial charge in [-0.25, -0.2) is 4.79 Å². The number of halogens is 1. The standard InChI is InChI=1S/C24H24BrN3O3/c1-2-14-27(24(30)26-21-12-10-20(25)11-13-21)18-23(29)28(17-22-9-6-15-31-22)16-19-7-4-3-5-8-19/h2-13,15H,1,14,16-18H2,(H,26,30). The third-order valence-electron chi connectivity index (χ3n) is 4.55. The fraction of sp³-hybridized carbons (Fsp3) is 0.167. The number of urea groups is 1. The van der Waals surface area contributed by atoms with E-state index in [1.54, 1.807) is 35.4 Å². The molecular weight excluding hydrogens is 458 g/mol. The molecule has 0 unspecified atom stereocenters. The van der Waals surface area contributed by atoms with E-state index in [0.717, 1.165) is 10.0 Å². The zero-order valence-corrected chi connectivity index (χ0v) is 18.6. The average molecular weight is 482 g/mol. The Morgan fingerprint density at radius 2 is 1.71 bits per heavy atom. The summed E-state index contributed by atoms with van der Waals surface area (Å²) in [6, 6.07) is 20.2. The largest absolute Gasteiger partial charge is 0.467 e. The second kappa shape index (κ2) is 11.2. The van der Waals surface area contributed by atoms with Crippen molar-refractivity contribution in [3.63, 3.8) is 0 Å². The Balaban J connectivity index is 1.71. The lowest BCUT2D eigenvalue weighted by atomic mass is 10.2. The van der Waals surface area contributed by atoms with Crippen LogP contribution in [0.5, 0.6) is 0 Å². The van der Waals surface area contributed by atoms with Gasteiger partial charge in [0, 0.05) is 23.2 Å². The highest BCUT2D eigenvalue weighted by Crippen LogP contribution is 2.15. The Labute approximate surface area is 190 Å². The minimum atomic E-state index is -0.367. The van der Waals surface area contributed by atoms with E-state index in [2.05, 4.69) is 27.8 Å². The summed E-state index contributed by atoms with van der Waals surface area (Å²) in [7, 11) is 0. The number of nitrogens with zero attached hydrogens (tertiary/aromatic N) is 2. The van der Waals surface area contributed by atoms with Crippen molar-refractivity contribution in [3.05, 3.63) is 101 Å². The van der Waals surface area contributed by atoms with Gasteiger partial charge in [-0.3, -0.25) is 4.79 Å². The molecule has 2 aromatic carbocycles. The average Bonchev–Trinajstić information content (AvgIpc) is 3.28. The Morgan fingerprint density at radius 3 is 2.35 bits per heavy atom. The van der Waals surface area contributed by atoms with Gasteiger partial charge in [0.15, 0.2) is 0 Å². The summed E-state index contributed by atoms with van der Waals surface area (Å²) in [6.07, 6.45) is 3.18.